The van der Waals surface area contributed by atoms with Crippen LogP contribution in [0.3, 0.4) is 0 Å². The van der Waals surface area contributed by atoms with Crippen LogP contribution < -0.4 is 4.90 Å². The summed E-state index contributed by atoms with van der Waals surface area (Å²) in [5, 5.41) is 0.793. The number of sulfonamides is 1. The molecule has 5 rings (SSSR count). The van der Waals surface area contributed by atoms with E-state index in [2.05, 4.69) is 38.9 Å². The van der Waals surface area contributed by atoms with Gasteiger partial charge in [0.25, 0.3) is 0 Å². The summed E-state index contributed by atoms with van der Waals surface area (Å²) in [7, 11) is -1.57. The van der Waals surface area contributed by atoms with Crippen molar-refractivity contribution in [2.75, 3.05) is 44.7 Å². The summed E-state index contributed by atoms with van der Waals surface area (Å²) in [5.74, 6) is 0.811. The minimum atomic E-state index is -3.64. The zero-order valence-corrected chi connectivity index (χ0v) is 24.2. The van der Waals surface area contributed by atoms with E-state index in [-0.39, 0.29) is 12.2 Å². The number of hydrogen-bond donors (Lipinski definition) is 0. The Hall–Kier alpha value is -2.59. The van der Waals surface area contributed by atoms with E-state index in [9.17, 15) is 8.42 Å². The van der Waals surface area contributed by atoms with E-state index in [1.807, 2.05) is 38.1 Å². The Bertz CT molecular complexity index is 1340. The molecule has 1 aliphatic heterocycles. The Morgan fingerprint density at radius 3 is 2.38 bits per heavy atom. The van der Waals surface area contributed by atoms with Crippen LogP contribution in [0.15, 0.2) is 59.8 Å². The number of anilines is 1. The largest absolute Gasteiger partial charge is 0.370 e. The molecule has 1 saturated carbocycles. The van der Waals surface area contributed by atoms with Crippen molar-refractivity contribution >= 4 is 26.7 Å². The molecule has 1 aliphatic carbocycles. The van der Waals surface area contributed by atoms with Crippen molar-refractivity contribution in [3.63, 3.8) is 0 Å². The first-order valence-electron chi connectivity index (χ1n) is 14.2. The number of piperazine rings is 1. The third-order valence-corrected chi connectivity index (χ3v) is 9.94. The molecule has 2 aromatic carbocycles. The van der Waals surface area contributed by atoms with E-state index in [0.717, 1.165) is 41.7 Å². The predicted octanol–water partition coefficient (Wildman–Crippen LogP) is 4.87. The molecule has 1 atom stereocenters. The van der Waals surface area contributed by atoms with Gasteiger partial charge in [-0.2, -0.15) is 4.31 Å². The lowest BCUT2D eigenvalue weighted by Gasteiger charge is -2.36. The van der Waals surface area contributed by atoms with Crippen LogP contribution in [0.4, 0.5) is 5.82 Å². The summed E-state index contributed by atoms with van der Waals surface area (Å²) < 4.78 is 35.3. The molecule has 0 bridgehead atoms. The van der Waals surface area contributed by atoms with Gasteiger partial charge in [-0.1, -0.05) is 49.6 Å². The third kappa shape index (κ3) is 6.43. The van der Waals surface area contributed by atoms with Crippen molar-refractivity contribution < 1.29 is 13.2 Å². The van der Waals surface area contributed by atoms with Gasteiger partial charge in [-0.25, -0.2) is 18.4 Å². The number of fused-ring (bicyclic) bond motifs is 1. The lowest BCUT2D eigenvalue weighted by molar-refractivity contribution is -0.0178. The third-order valence-electron chi connectivity index (χ3n) is 8.04. The minimum Gasteiger partial charge on any atom is -0.370 e. The van der Waals surface area contributed by atoms with Crippen molar-refractivity contribution in [3.05, 3.63) is 60.4 Å². The molecule has 39 heavy (non-hydrogen) atoms. The molecule has 3 aromatic rings. The topological polar surface area (TPSA) is 78.9 Å². The van der Waals surface area contributed by atoms with Crippen molar-refractivity contribution in [2.45, 2.75) is 69.1 Å². The molecule has 8 nitrogen and oxygen atoms in total. The van der Waals surface area contributed by atoms with E-state index >= 15 is 0 Å². The van der Waals surface area contributed by atoms with Crippen molar-refractivity contribution in [3.8, 4) is 0 Å². The van der Waals surface area contributed by atoms with E-state index in [0.29, 0.717) is 37.1 Å². The van der Waals surface area contributed by atoms with Crippen molar-refractivity contribution in [1.82, 2.24) is 19.2 Å². The van der Waals surface area contributed by atoms with Gasteiger partial charge < -0.3 is 9.64 Å². The molecule has 1 aromatic heterocycles. The Balaban J connectivity index is 1.30. The van der Waals surface area contributed by atoms with Crippen LogP contribution in [-0.4, -0.2) is 79.5 Å². The first-order chi connectivity index (χ1) is 18.8. The normalized spacial score (nSPS) is 19.0. The molecular weight excluding hydrogens is 510 g/mol. The quantitative estimate of drug-likeness (QED) is 0.375. The Labute approximate surface area is 233 Å². The highest BCUT2D eigenvalue weighted by Crippen LogP contribution is 2.31. The summed E-state index contributed by atoms with van der Waals surface area (Å²) >= 11 is 0. The monoisotopic (exact) mass is 551 g/mol. The van der Waals surface area contributed by atoms with Gasteiger partial charge in [0.05, 0.1) is 22.6 Å². The van der Waals surface area contributed by atoms with Gasteiger partial charge in [0.2, 0.25) is 10.0 Å². The molecule has 0 N–H and O–H groups in total. The fourth-order valence-corrected chi connectivity index (χ4v) is 7.31. The molecular formula is C30H41N5O3S. The summed E-state index contributed by atoms with van der Waals surface area (Å²) in [6.45, 7) is 7.06. The number of benzene rings is 2. The zero-order valence-electron chi connectivity index (χ0n) is 23.4. The fraction of sp³-hybridized carbons (Fsp3) is 0.533. The van der Waals surface area contributed by atoms with E-state index < -0.39 is 10.0 Å². The van der Waals surface area contributed by atoms with Crippen LogP contribution in [0.2, 0.25) is 0 Å². The highest BCUT2D eigenvalue weighted by Gasteiger charge is 2.31. The van der Waals surface area contributed by atoms with Crippen LogP contribution in [0, 0.1) is 0 Å². The van der Waals surface area contributed by atoms with Gasteiger partial charge in [0.1, 0.15) is 12.1 Å². The van der Waals surface area contributed by atoms with Gasteiger partial charge in [0.15, 0.2) is 0 Å². The first-order valence-corrected chi connectivity index (χ1v) is 15.7. The van der Waals surface area contributed by atoms with E-state index in [1.165, 1.54) is 19.3 Å². The van der Waals surface area contributed by atoms with Gasteiger partial charge in [-0.3, -0.25) is 4.90 Å². The molecule has 210 valence electrons. The number of rotatable bonds is 9. The number of hydrogen-bond acceptors (Lipinski definition) is 7. The molecule has 0 radical (unpaired) electrons. The van der Waals surface area contributed by atoms with Gasteiger partial charge >= 0.3 is 0 Å². The van der Waals surface area contributed by atoms with Gasteiger partial charge in [0, 0.05) is 51.2 Å². The molecule has 1 saturated heterocycles. The van der Waals surface area contributed by atoms with Crippen LogP contribution in [0.1, 0.15) is 57.6 Å². The lowest BCUT2D eigenvalue weighted by Crippen LogP contribution is -2.49. The second-order valence-corrected chi connectivity index (χ2v) is 13.0. The average Bonchev–Trinajstić information content (AvgIpc) is 2.97. The smallest absolute Gasteiger partial charge is 0.243 e. The Morgan fingerprint density at radius 1 is 0.974 bits per heavy atom. The lowest BCUT2D eigenvalue weighted by atomic mass is 9.94. The molecule has 0 amide bonds. The maximum atomic E-state index is 13.7. The molecule has 0 spiro atoms. The zero-order chi connectivity index (χ0) is 27.4. The molecule has 2 heterocycles. The van der Waals surface area contributed by atoms with E-state index in [1.54, 1.807) is 22.8 Å². The van der Waals surface area contributed by atoms with Crippen molar-refractivity contribution in [2.24, 2.45) is 0 Å². The summed E-state index contributed by atoms with van der Waals surface area (Å²) in [6, 6.07) is 15.9. The number of aromatic nitrogens is 2. The minimum absolute atomic E-state index is 0.0468. The molecule has 9 heteroatoms. The van der Waals surface area contributed by atoms with Gasteiger partial charge in [-0.05, 0) is 50.5 Å². The Morgan fingerprint density at radius 2 is 1.69 bits per heavy atom. The highest BCUT2D eigenvalue weighted by molar-refractivity contribution is 7.89. The van der Waals surface area contributed by atoms with Crippen LogP contribution in [0.25, 0.3) is 10.9 Å². The summed E-state index contributed by atoms with van der Waals surface area (Å²) in [5.41, 5.74) is 1.91. The average molecular weight is 552 g/mol. The second-order valence-electron chi connectivity index (χ2n) is 11.1. The standard InChI is InChI=1S/C30H41N5O3S/c1-23(2)38-29(24-10-6-4-7-11-24)21-34-16-18-35(19-17-34)39(36,37)26-14-15-28-27(20-26)30(32-22-31-28)33(3)25-12-8-5-9-13-25/h4,6-7,10-11,14-15,20,22-23,25,29H,5,8-9,12-13,16-19,21H2,1-3H3. The summed E-state index contributed by atoms with van der Waals surface area (Å²) in [6.07, 6.45) is 7.64. The fourth-order valence-electron chi connectivity index (χ4n) is 5.86. The SMILES string of the molecule is CC(C)OC(CN1CCN(S(=O)(=O)c2ccc3ncnc(N(C)C4CCCCC4)c3c2)CC1)c1ccccc1. The summed E-state index contributed by atoms with van der Waals surface area (Å²) in [4.78, 5) is 13.8. The second kappa shape index (κ2) is 12.3. The number of ether oxygens (including phenoxy) is 1. The molecule has 2 fully saturated rings. The maximum Gasteiger partial charge on any atom is 0.243 e. The van der Waals surface area contributed by atoms with Crippen LogP contribution >= 0.6 is 0 Å². The predicted molar refractivity (Wildman–Crippen MR) is 155 cm³/mol. The maximum absolute atomic E-state index is 13.7. The Kier molecular flexibility index (Phi) is 8.81. The van der Waals surface area contributed by atoms with Crippen LogP contribution in [0.5, 0.6) is 0 Å². The first kappa shape index (κ1) is 28.0. The number of nitrogens with zero attached hydrogens (tertiary/aromatic N) is 5. The molecule has 1 unspecified atom stereocenters. The molecule has 2 aliphatic rings. The van der Waals surface area contributed by atoms with E-state index in [4.69, 9.17) is 4.74 Å². The van der Waals surface area contributed by atoms with Gasteiger partial charge in [-0.15, -0.1) is 0 Å². The van der Waals surface area contributed by atoms with Crippen molar-refractivity contribution in [1.29, 1.82) is 0 Å². The van der Waals surface area contributed by atoms with Crippen LogP contribution in [-0.2, 0) is 14.8 Å². The highest BCUT2D eigenvalue weighted by atomic mass is 32.2.